The zero-order chi connectivity index (χ0) is 12.0. The second-order valence-electron chi connectivity index (χ2n) is 6.63. The monoisotopic (exact) mass is 223 g/mol. The minimum atomic E-state index is 0.235. The van der Waals surface area contributed by atoms with Crippen LogP contribution < -0.4 is 0 Å². The Morgan fingerprint density at radius 2 is 2.19 bits per heavy atom. The average Bonchev–Trinajstić information content (AvgIpc) is 2.62. The molecule has 2 heterocycles. The molecule has 1 unspecified atom stereocenters. The number of rotatable bonds is 2. The zero-order valence-corrected chi connectivity index (χ0v) is 11.2. The van der Waals surface area contributed by atoms with Crippen LogP contribution in [-0.2, 0) is 4.74 Å². The molecule has 0 aromatic carbocycles. The number of nitrogens with zero attached hydrogens (tertiary/aromatic N) is 1. The van der Waals surface area contributed by atoms with Crippen LogP contribution >= 0.6 is 0 Å². The fourth-order valence-electron chi connectivity index (χ4n) is 3.51. The maximum Gasteiger partial charge on any atom is 0.0719 e. The van der Waals surface area contributed by atoms with Gasteiger partial charge in [-0.3, -0.25) is 4.90 Å². The van der Waals surface area contributed by atoms with Gasteiger partial charge >= 0.3 is 0 Å². The Labute approximate surface area is 99.7 Å². The summed E-state index contributed by atoms with van der Waals surface area (Å²) in [6.07, 6.45) is 3.92. The highest BCUT2D eigenvalue weighted by Gasteiger charge is 2.52. The van der Waals surface area contributed by atoms with Gasteiger partial charge in [0.05, 0.1) is 6.10 Å². The largest absolute Gasteiger partial charge is 0.380 e. The lowest BCUT2D eigenvalue weighted by Crippen LogP contribution is -2.42. The van der Waals surface area contributed by atoms with E-state index in [-0.39, 0.29) is 5.54 Å². The van der Waals surface area contributed by atoms with Crippen LogP contribution in [-0.4, -0.2) is 36.7 Å². The van der Waals surface area contributed by atoms with Crippen LogP contribution in [0.25, 0.3) is 0 Å². The van der Waals surface area contributed by atoms with Crippen molar-refractivity contribution >= 4 is 0 Å². The van der Waals surface area contributed by atoms with Gasteiger partial charge in [-0.05, 0) is 24.7 Å². The smallest absolute Gasteiger partial charge is 0.0719 e. The van der Waals surface area contributed by atoms with Gasteiger partial charge in [0.1, 0.15) is 0 Å². The van der Waals surface area contributed by atoms with Crippen LogP contribution in [0.3, 0.4) is 0 Å². The molecular formula is C14H25NO. The van der Waals surface area contributed by atoms with Crippen LogP contribution in [0.2, 0.25) is 0 Å². The lowest BCUT2D eigenvalue weighted by atomic mass is 9.75. The van der Waals surface area contributed by atoms with Crippen LogP contribution in [0.15, 0.2) is 12.2 Å². The number of fused-ring (bicyclic) bond motifs is 1. The van der Waals surface area contributed by atoms with Crippen LogP contribution in [0.1, 0.15) is 40.0 Å². The molecule has 16 heavy (non-hydrogen) atoms. The third-order valence-electron chi connectivity index (χ3n) is 4.09. The van der Waals surface area contributed by atoms with E-state index in [1.165, 1.54) is 25.0 Å². The summed E-state index contributed by atoms with van der Waals surface area (Å²) in [7, 11) is 1.83. The van der Waals surface area contributed by atoms with Gasteiger partial charge in [-0.1, -0.05) is 32.9 Å². The van der Waals surface area contributed by atoms with E-state index in [2.05, 4.69) is 32.3 Å². The first-order valence-corrected chi connectivity index (χ1v) is 6.33. The second-order valence-corrected chi connectivity index (χ2v) is 6.63. The minimum Gasteiger partial charge on any atom is -0.380 e. The summed E-state index contributed by atoms with van der Waals surface area (Å²) in [5.74, 6) is 0. The lowest BCUT2D eigenvalue weighted by molar-refractivity contribution is 0.108. The van der Waals surface area contributed by atoms with Crippen LogP contribution in [0.4, 0.5) is 0 Å². The molecule has 2 heteroatoms. The van der Waals surface area contributed by atoms with E-state index in [0.717, 1.165) is 13.0 Å². The first-order chi connectivity index (χ1) is 7.37. The summed E-state index contributed by atoms with van der Waals surface area (Å²) in [5, 5.41) is 0. The molecule has 2 saturated heterocycles. The molecule has 2 atom stereocenters. The van der Waals surface area contributed by atoms with E-state index in [9.17, 15) is 0 Å². The van der Waals surface area contributed by atoms with Crippen molar-refractivity contribution < 1.29 is 4.74 Å². The van der Waals surface area contributed by atoms with Gasteiger partial charge in [0, 0.05) is 25.7 Å². The lowest BCUT2D eigenvalue weighted by Gasteiger charge is -2.38. The predicted octanol–water partition coefficient (Wildman–Crippen LogP) is 2.84. The number of hydrogen-bond donors (Lipinski definition) is 0. The van der Waals surface area contributed by atoms with Crippen molar-refractivity contribution in [2.45, 2.75) is 51.7 Å². The molecule has 0 spiro atoms. The van der Waals surface area contributed by atoms with Crippen molar-refractivity contribution in [1.29, 1.82) is 0 Å². The molecule has 2 fully saturated rings. The Morgan fingerprint density at radius 1 is 1.50 bits per heavy atom. The highest BCUT2D eigenvalue weighted by atomic mass is 16.5. The molecule has 0 N–H and O–H groups in total. The maximum absolute atomic E-state index is 5.55. The van der Waals surface area contributed by atoms with Gasteiger partial charge in [-0.2, -0.15) is 0 Å². The third kappa shape index (κ3) is 1.93. The summed E-state index contributed by atoms with van der Waals surface area (Å²) in [6.45, 7) is 13.6. The highest BCUT2D eigenvalue weighted by Crippen LogP contribution is 2.48. The van der Waals surface area contributed by atoms with Gasteiger partial charge in [0.2, 0.25) is 0 Å². The van der Waals surface area contributed by atoms with Gasteiger partial charge in [0.15, 0.2) is 0 Å². The molecular weight excluding hydrogens is 198 g/mol. The summed E-state index contributed by atoms with van der Waals surface area (Å²) in [4.78, 5) is 2.61. The number of methoxy groups -OCH3 is 1. The van der Waals surface area contributed by atoms with Crippen molar-refractivity contribution in [2.24, 2.45) is 5.41 Å². The van der Waals surface area contributed by atoms with Crippen LogP contribution in [0, 0.1) is 5.41 Å². The minimum absolute atomic E-state index is 0.235. The zero-order valence-electron chi connectivity index (χ0n) is 11.2. The maximum atomic E-state index is 5.55. The summed E-state index contributed by atoms with van der Waals surface area (Å²) in [6, 6.07) is 0. The Kier molecular flexibility index (Phi) is 2.92. The second kappa shape index (κ2) is 3.85. The fourth-order valence-corrected chi connectivity index (χ4v) is 3.51. The van der Waals surface area contributed by atoms with Gasteiger partial charge in [-0.25, -0.2) is 0 Å². The van der Waals surface area contributed by atoms with E-state index < -0.39 is 0 Å². The fraction of sp³-hybridized carbons (Fsp3) is 0.857. The third-order valence-corrected chi connectivity index (χ3v) is 4.09. The number of ether oxygens (including phenoxy) is 1. The van der Waals surface area contributed by atoms with Crippen molar-refractivity contribution in [3.05, 3.63) is 12.2 Å². The van der Waals surface area contributed by atoms with Gasteiger partial charge < -0.3 is 4.74 Å². The van der Waals surface area contributed by atoms with E-state index >= 15 is 0 Å². The molecule has 0 bridgehead atoms. The standard InChI is InChI=1S/C14H25NO/c1-11-6-7-15-9-12(16-5)8-14(11,15)10-13(2,3)4/h12H,1,6-10H2,2-5H3/t12?,14-/m1/s1. The SMILES string of the molecule is C=C1CCN2CC(OC)C[C@@]12CC(C)(C)C. The molecule has 2 rings (SSSR count). The molecule has 2 aliphatic heterocycles. The molecule has 92 valence electrons. The summed E-state index contributed by atoms with van der Waals surface area (Å²) in [5.41, 5.74) is 2.02. The van der Waals surface area contributed by atoms with Gasteiger partial charge in [0.25, 0.3) is 0 Å². The Balaban J connectivity index is 2.23. The van der Waals surface area contributed by atoms with Gasteiger partial charge in [-0.15, -0.1) is 0 Å². The molecule has 2 nitrogen and oxygen atoms in total. The molecule has 0 amide bonds. The van der Waals surface area contributed by atoms with Crippen molar-refractivity contribution in [3.8, 4) is 0 Å². The van der Waals surface area contributed by atoms with Crippen molar-refractivity contribution in [2.75, 3.05) is 20.2 Å². The van der Waals surface area contributed by atoms with E-state index in [4.69, 9.17) is 4.74 Å². The summed E-state index contributed by atoms with van der Waals surface area (Å²) < 4.78 is 5.55. The highest BCUT2D eigenvalue weighted by molar-refractivity contribution is 5.27. The topological polar surface area (TPSA) is 12.5 Å². The average molecular weight is 223 g/mol. The van der Waals surface area contributed by atoms with E-state index in [1.54, 1.807) is 0 Å². The Bertz CT molecular complexity index is 292. The van der Waals surface area contributed by atoms with Crippen molar-refractivity contribution in [1.82, 2.24) is 4.90 Å². The first-order valence-electron chi connectivity index (χ1n) is 6.33. The Hall–Kier alpha value is -0.340. The molecule has 0 radical (unpaired) electrons. The van der Waals surface area contributed by atoms with Crippen molar-refractivity contribution in [3.63, 3.8) is 0 Å². The summed E-state index contributed by atoms with van der Waals surface area (Å²) >= 11 is 0. The molecule has 0 aliphatic carbocycles. The molecule has 0 saturated carbocycles. The number of hydrogen-bond acceptors (Lipinski definition) is 2. The van der Waals surface area contributed by atoms with E-state index in [1.807, 2.05) is 7.11 Å². The predicted molar refractivity (Wildman–Crippen MR) is 67.5 cm³/mol. The van der Waals surface area contributed by atoms with Crippen LogP contribution in [0.5, 0.6) is 0 Å². The molecule has 2 aliphatic rings. The molecule has 0 aromatic heterocycles. The first kappa shape index (κ1) is 12.1. The van der Waals surface area contributed by atoms with E-state index in [0.29, 0.717) is 11.5 Å². The quantitative estimate of drug-likeness (QED) is 0.667. The Morgan fingerprint density at radius 3 is 2.75 bits per heavy atom. The normalized spacial score (nSPS) is 35.8. The molecule has 0 aromatic rings.